The van der Waals surface area contributed by atoms with Gasteiger partial charge < -0.3 is 10.4 Å². The zero-order valence-electron chi connectivity index (χ0n) is 13.4. The zero-order chi connectivity index (χ0) is 15.4. The van der Waals surface area contributed by atoms with Gasteiger partial charge in [-0.25, -0.2) is 9.50 Å². The number of aliphatic hydroxyl groups excluding tert-OH is 1. The van der Waals surface area contributed by atoms with Gasteiger partial charge in [-0.05, 0) is 12.5 Å². The van der Waals surface area contributed by atoms with E-state index >= 15 is 0 Å². The van der Waals surface area contributed by atoms with Gasteiger partial charge in [-0.2, -0.15) is 5.10 Å². The Balaban J connectivity index is 1.95. The normalized spacial score (nSPS) is 24.9. The molecule has 0 bridgehead atoms. The SMILES string of the molecule is CC(C)(C)c1cc2c(NC3CC(O)C3(C)C)nccn2n1. The average Bonchev–Trinajstić information content (AvgIpc) is 2.83. The first-order valence-electron chi connectivity index (χ1n) is 7.49. The average molecular weight is 288 g/mol. The number of hydrogen-bond acceptors (Lipinski definition) is 4. The van der Waals surface area contributed by atoms with Gasteiger partial charge in [-0.1, -0.05) is 34.6 Å². The van der Waals surface area contributed by atoms with Crippen molar-refractivity contribution in [3.05, 3.63) is 24.2 Å². The molecule has 0 spiro atoms. The molecule has 5 nitrogen and oxygen atoms in total. The fraction of sp³-hybridized carbons (Fsp3) is 0.625. The van der Waals surface area contributed by atoms with Gasteiger partial charge in [0.2, 0.25) is 0 Å². The topological polar surface area (TPSA) is 62.5 Å². The zero-order valence-corrected chi connectivity index (χ0v) is 13.4. The minimum absolute atomic E-state index is 0.00915. The van der Waals surface area contributed by atoms with Crippen molar-refractivity contribution in [2.24, 2.45) is 5.41 Å². The van der Waals surface area contributed by atoms with Crippen LogP contribution in [-0.2, 0) is 5.41 Å². The lowest BCUT2D eigenvalue weighted by molar-refractivity contribution is -0.0511. The monoisotopic (exact) mass is 288 g/mol. The first-order valence-corrected chi connectivity index (χ1v) is 7.49. The molecular weight excluding hydrogens is 264 g/mol. The van der Waals surface area contributed by atoms with Crippen LogP contribution < -0.4 is 5.32 Å². The summed E-state index contributed by atoms with van der Waals surface area (Å²) in [6.45, 7) is 10.6. The molecule has 3 rings (SSSR count). The number of nitrogens with zero attached hydrogens (tertiary/aromatic N) is 3. The summed E-state index contributed by atoms with van der Waals surface area (Å²) in [6, 6.07) is 2.33. The second kappa shape index (κ2) is 4.44. The highest BCUT2D eigenvalue weighted by molar-refractivity contribution is 5.68. The van der Waals surface area contributed by atoms with Gasteiger partial charge in [-0.15, -0.1) is 0 Å². The molecule has 2 unspecified atom stereocenters. The summed E-state index contributed by atoms with van der Waals surface area (Å²) < 4.78 is 1.87. The highest BCUT2D eigenvalue weighted by Gasteiger charge is 2.47. The van der Waals surface area contributed by atoms with Crippen LogP contribution in [0.2, 0.25) is 0 Å². The number of anilines is 1. The third kappa shape index (κ3) is 2.29. The quantitative estimate of drug-likeness (QED) is 0.891. The minimum atomic E-state index is -0.246. The third-order valence-electron chi connectivity index (χ3n) is 4.69. The fourth-order valence-electron chi connectivity index (χ4n) is 2.71. The molecule has 1 fully saturated rings. The van der Waals surface area contributed by atoms with Crippen LogP contribution >= 0.6 is 0 Å². The molecule has 2 N–H and O–H groups in total. The summed E-state index contributed by atoms with van der Waals surface area (Å²) >= 11 is 0. The highest BCUT2D eigenvalue weighted by atomic mass is 16.3. The van der Waals surface area contributed by atoms with E-state index in [2.05, 4.69) is 56.1 Å². The van der Waals surface area contributed by atoms with Crippen molar-refractivity contribution in [2.45, 2.75) is 58.6 Å². The molecule has 0 aromatic carbocycles. The van der Waals surface area contributed by atoms with Gasteiger partial charge in [0, 0.05) is 29.3 Å². The molecule has 2 aromatic rings. The fourth-order valence-corrected chi connectivity index (χ4v) is 2.71. The Morgan fingerprint density at radius 2 is 2.10 bits per heavy atom. The van der Waals surface area contributed by atoms with Gasteiger partial charge in [0.15, 0.2) is 5.82 Å². The maximum atomic E-state index is 9.87. The lowest BCUT2D eigenvalue weighted by atomic mass is 9.64. The lowest BCUT2D eigenvalue weighted by Gasteiger charge is -2.49. The molecule has 0 saturated heterocycles. The Labute approximate surface area is 125 Å². The predicted octanol–water partition coefficient (Wildman–Crippen LogP) is 2.60. The maximum absolute atomic E-state index is 9.87. The molecule has 2 aromatic heterocycles. The Hall–Kier alpha value is -1.62. The van der Waals surface area contributed by atoms with Crippen LogP contribution in [0.5, 0.6) is 0 Å². The standard InChI is InChI=1S/C16H24N4O/c1-15(2,3)11-8-10-14(17-6-7-20(10)19-11)18-12-9-13(21)16(12,4)5/h6-8,12-13,21H,9H2,1-5H3,(H,17,18). The second-order valence-corrected chi connectivity index (χ2v) is 7.66. The van der Waals surface area contributed by atoms with Crippen molar-refractivity contribution in [3.8, 4) is 0 Å². The van der Waals surface area contributed by atoms with E-state index in [9.17, 15) is 5.11 Å². The van der Waals surface area contributed by atoms with E-state index in [1.54, 1.807) is 6.20 Å². The van der Waals surface area contributed by atoms with E-state index in [1.807, 2.05) is 10.7 Å². The van der Waals surface area contributed by atoms with Crippen LogP contribution in [0.25, 0.3) is 5.52 Å². The van der Waals surface area contributed by atoms with Gasteiger partial charge >= 0.3 is 0 Å². The Bertz CT molecular complexity index is 668. The largest absolute Gasteiger partial charge is 0.392 e. The maximum Gasteiger partial charge on any atom is 0.152 e. The van der Waals surface area contributed by atoms with Crippen LogP contribution in [0.3, 0.4) is 0 Å². The summed E-state index contributed by atoms with van der Waals surface area (Å²) in [5.74, 6) is 0.838. The van der Waals surface area contributed by atoms with Crippen molar-refractivity contribution >= 4 is 11.3 Å². The Kier molecular flexibility index (Phi) is 3.03. The van der Waals surface area contributed by atoms with Crippen molar-refractivity contribution in [2.75, 3.05) is 5.32 Å². The molecule has 0 radical (unpaired) electrons. The van der Waals surface area contributed by atoms with E-state index in [1.165, 1.54) is 0 Å². The molecule has 5 heteroatoms. The number of aliphatic hydroxyl groups is 1. The van der Waals surface area contributed by atoms with Gasteiger partial charge in [0.25, 0.3) is 0 Å². The summed E-state index contributed by atoms with van der Waals surface area (Å²) in [5.41, 5.74) is 1.92. The number of hydrogen-bond donors (Lipinski definition) is 2. The van der Waals surface area contributed by atoms with E-state index in [0.29, 0.717) is 0 Å². The summed E-state index contributed by atoms with van der Waals surface area (Å²) in [4.78, 5) is 4.46. The minimum Gasteiger partial charge on any atom is -0.392 e. The van der Waals surface area contributed by atoms with Crippen LogP contribution in [-0.4, -0.2) is 31.9 Å². The van der Waals surface area contributed by atoms with Gasteiger partial charge in [-0.3, -0.25) is 0 Å². The van der Waals surface area contributed by atoms with Crippen LogP contribution in [0.1, 0.15) is 46.7 Å². The van der Waals surface area contributed by atoms with E-state index in [0.717, 1.165) is 23.4 Å². The van der Waals surface area contributed by atoms with Crippen molar-refractivity contribution in [1.29, 1.82) is 0 Å². The third-order valence-corrected chi connectivity index (χ3v) is 4.69. The molecule has 0 aliphatic heterocycles. The van der Waals surface area contributed by atoms with Crippen molar-refractivity contribution in [1.82, 2.24) is 14.6 Å². The molecule has 1 saturated carbocycles. The molecule has 2 heterocycles. The number of nitrogens with one attached hydrogen (secondary N) is 1. The molecular formula is C16H24N4O. The van der Waals surface area contributed by atoms with E-state index in [-0.39, 0.29) is 23.0 Å². The molecule has 2 atom stereocenters. The molecule has 0 amide bonds. The highest BCUT2D eigenvalue weighted by Crippen LogP contribution is 2.42. The van der Waals surface area contributed by atoms with E-state index < -0.39 is 0 Å². The summed E-state index contributed by atoms with van der Waals surface area (Å²) in [5, 5.41) is 18.0. The van der Waals surface area contributed by atoms with Crippen molar-refractivity contribution < 1.29 is 5.11 Å². The van der Waals surface area contributed by atoms with Crippen LogP contribution in [0, 0.1) is 5.41 Å². The molecule has 1 aliphatic rings. The lowest BCUT2D eigenvalue weighted by Crippen LogP contribution is -2.57. The summed E-state index contributed by atoms with van der Waals surface area (Å²) in [7, 11) is 0. The first kappa shape index (κ1) is 14.3. The van der Waals surface area contributed by atoms with Crippen molar-refractivity contribution in [3.63, 3.8) is 0 Å². The smallest absolute Gasteiger partial charge is 0.152 e. The predicted molar refractivity (Wildman–Crippen MR) is 83.5 cm³/mol. The van der Waals surface area contributed by atoms with Crippen LogP contribution in [0.4, 0.5) is 5.82 Å². The Morgan fingerprint density at radius 1 is 1.38 bits per heavy atom. The number of fused-ring (bicyclic) bond motifs is 1. The Morgan fingerprint density at radius 3 is 2.67 bits per heavy atom. The first-order chi connectivity index (χ1) is 9.69. The summed E-state index contributed by atoms with van der Waals surface area (Å²) in [6.07, 6.45) is 4.15. The number of aromatic nitrogens is 3. The van der Waals surface area contributed by atoms with Gasteiger partial charge in [0.1, 0.15) is 5.52 Å². The van der Waals surface area contributed by atoms with Gasteiger partial charge in [0.05, 0.1) is 11.8 Å². The molecule has 21 heavy (non-hydrogen) atoms. The van der Waals surface area contributed by atoms with E-state index in [4.69, 9.17) is 0 Å². The molecule has 114 valence electrons. The second-order valence-electron chi connectivity index (χ2n) is 7.66. The number of rotatable bonds is 2. The molecule has 1 aliphatic carbocycles. The van der Waals surface area contributed by atoms with Crippen LogP contribution in [0.15, 0.2) is 18.5 Å².